The molecule has 1 amide bonds. The summed E-state index contributed by atoms with van der Waals surface area (Å²) >= 11 is 0. The van der Waals surface area contributed by atoms with E-state index in [0.29, 0.717) is 78.7 Å². The first kappa shape index (κ1) is 28.8. The maximum Gasteiger partial charge on any atom is 0.249 e. The zero-order chi connectivity index (χ0) is 28.2. The largest absolute Gasteiger partial charge is 0.497 e. The number of ether oxygens (including phenoxy) is 1. The van der Waals surface area contributed by atoms with Crippen LogP contribution in [0.4, 0.5) is 17.6 Å². The minimum absolute atomic E-state index is 0.0896. The van der Waals surface area contributed by atoms with Gasteiger partial charge in [-0.3, -0.25) is 15.0 Å². The van der Waals surface area contributed by atoms with E-state index in [1.54, 1.807) is 43.9 Å². The number of piperidine rings is 1. The van der Waals surface area contributed by atoms with E-state index >= 15 is 4.39 Å². The number of pyridine rings is 1. The van der Waals surface area contributed by atoms with Crippen molar-refractivity contribution in [1.29, 1.82) is 0 Å². The Morgan fingerprint density at radius 3 is 2.51 bits per heavy atom. The lowest BCUT2D eigenvalue weighted by Crippen LogP contribution is -2.48. The minimum Gasteiger partial charge on any atom is -0.497 e. The highest BCUT2D eigenvalue weighted by Crippen LogP contribution is 2.41. The van der Waals surface area contributed by atoms with Gasteiger partial charge in [-0.25, -0.2) is 23.0 Å². The fourth-order valence-electron chi connectivity index (χ4n) is 5.55. The fourth-order valence-corrected chi connectivity index (χ4v) is 5.55. The van der Waals surface area contributed by atoms with E-state index in [0.717, 1.165) is 12.1 Å². The molecule has 210 valence electrons. The van der Waals surface area contributed by atoms with E-state index in [1.165, 1.54) is 0 Å². The Bertz CT molecular complexity index is 1310. The first-order valence-electron chi connectivity index (χ1n) is 13.0. The van der Waals surface area contributed by atoms with E-state index < -0.39 is 34.9 Å². The van der Waals surface area contributed by atoms with Gasteiger partial charge in [-0.05, 0) is 112 Å². The van der Waals surface area contributed by atoms with Gasteiger partial charge in [-0.15, -0.1) is 0 Å². The molecule has 0 radical (unpaired) electrons. The van der Waals surface area contributed by atoms with Crippen LogP contribution in [-0.2, 0) is 11.2 Å². The third-order valence-electron chi connectivity index (χ3n) is 7.89. The number of alkyl halides is 1. The van der Waals surface area contributed by atoms with Crippen molar-refractivity contribution < 1.29 is 32.3 Å². The smallest absolute Gasteiger partial charge is 0.249 e. The van der Waals surface area contributed by atoms with Crippen LogP contribution in [0.2, 0.25) is 0 Å². The maximum atomic E-state index is 15.8. The van der Waals surface area contributed by atoms with Gasteiger partial charge in [0.1, 0.15) is 11.9 Å². The van der Waals surface area contributed by atoms with Gasteiger partial charge < -0.3 is 9.64 Å². The number of likely N-dealkylation sites (tertiary alicyclic amines) is 1. The lowest BCUT2D eigenvalue weighted by atomic mass is 9.73. The van der Waals surface area contributed by atoms with Gasteiger partial charge in [0.05, 0.1) is 18.0 Å². The van der Waals surface area contributed by atoms with Gasteiger partial charge in [0.15, 0.2) is 17.5 Å². The first-order chi connectivity index (χ1) is 18.7. The summed E-state index contributed by atoms with van der Waals surface area (Å²) in [5.41, 5.74) is 3.12. The number of hydrogen-bond acceptors (Lipinski definition) is 5. The number of aromatic nitrogens is 1. The minimum atomic E-state index is -1.48. The number of carbonyl (C=O) groups is 1. The second-order valence-electron chi connectivity index (χ2n) is 10.3. The zero-order valence-electron chi connectivity index (χ0n) is 22.1. The van der Waals surface area contributed by atoms with Gasteiger partial charge in [-0.2, -0.15) is 0 Å². The standard InChI is InChI=1S/C29H33F4N3O3/c1-18-17-34-25-6-5-20(39-2)16-21(25)26(18)22(30)7-8-29(28(37)35-38)9-12-36(13-10-29)11-3-4-19-14-23(31)27(33)24(32)15-19/h5-6,14-17,22,38H,3-4,7-13H2,1-2H3,(H,35,37)/t22-/m1/s1. The van der Waals surface area contributed by atoms with Gasteiger partial charge in [0.2, 0.25) is 5.91 Å². The molecule has 2 heterocycles. The van der Waals surface area contributed by atoms with Crippen LogP contribution in [0.15, 0.2) is 36.5 Å². The molecule has 39 heavy (non-hydrogen) atoms. The van der Waals surface area contributed by atoms with Crippen molar-refractivity contribution in [2.45, 2.75) is 51.6 Å². The number of fused-ring (bicyclic) bond motifs is 1. The summed E-state index contributed by atoms with van der Waals surface area (Å²) in [4.78, 5) is 19.3. The third-order valence-corrected chi connectivity index (χ3v) is 7.89. The molecule has 0 aliphatic carbocycles. The average molecular weight is 548 g/mol. The monoisotopic (exact) mass is 547 g/mol. The summed E-state index contributed by atoms with van der Waals surface area (Å²) in [7, 11) is 1.54. The van der Waals surface area contributed by atoms with E-state index in [4.69, 9.17) is 4.74 Å². The molecule has 1 aromatic heterocycles. The number of hydrogen-bond donors (Lipinski definition) is 2. The van der Waals surface area contributed by atoms with Crippen LogP contribution >= 0.6 is 0 Å². The van der Waals surface area contributed by atoms with Crippen molar-refractivity contribution in [3.63, 3.8) is 0 Å². The first-order valence-corrected chi connectivity index (χ1v) is 13.0. The quantitative estimate of drug-likeness (QED) is 0.141. The van der Waals surface area contributed by atoms with E-state index in [-0.39, 0.29) is 12.8 Å². The van der Waals surface area contributed by atoms with Crippen molar-refractivity contribution in [2.24, 2.45) is 5.41 Å². The Hall–Kier alpha value is -3.24. The summed E-state index contributed by atoms with van der Waals surface area (Å²) in [6.45, 7) is 3.51. The normalized spacial score (nSPS) is 16.3. The number of methoxy groups -OCH3 is 1. The van der Waals surface area contributed by atoms with Crippen molar-refractivity contribution in [3.05, 3.63) is 70.7 Å². The molecular formula is C29H33F4N3O3. The molecule has 1 aliphatic rings. The molecule has 2 N–H and O–H groups in total. The predicted octanol–water partition coefficient (Wildman–Crippen LogP) is 5.98. The summed E-state index contributed by atoms with van der Waals surface area (Å²) in [6, 6.07) is 7.32. The van der Waals surface area contributed by atoms with Gasteiger partial charge in [0.25, 0.3) is 0 Å². The molecule has 1 fully saturated rings. The number of benzene rings is 2. The van der Waals surface area contributed by atoms with Gasteiger partial charge >= 0.3 is 0 Å². The van der Waals surface area contributed by atoms with Gasteiger partial charge in [-0.1, -0.05) is 0 Å². The van der Waals surface area contributed by atoms with Crippen LogP contribution in [-0.4, -0.2) is 47.7 Å². The number of rotatable bonds is 10. The van der Waals surface area contributed by atoms with Crippen molar-refractivity contribution in [3.8, 4) is 5.75 Å². The van der Waals surface area contributed by atoms with E-state index in [2.05, 4.69) is 9.88 Å². The molecule has 3 aromatic rings. The van der Waals surface area contributed by atoms with Crippen LogP contribution in [0.3, 0.4) is 0 Å². The van der Waals surface area contributed by atoms with Crippen molar-refractivity contribution in [1.82, 2.24) is 15.4 Å². The zero-order valence-corrected chi connectivity index (χ0v) is 22.1. The van der Waals surface area contributed by atoms with Crippen LogP contribution in [0.1, 0.15) is 55.0 Å². The van der Waals surface area contributed by atoms with Gasteiger partial charge in [0, 0.05) is 11.6 Å². The Labute approximate surface area is 224 Å². The summed E-state index contributed by atoms with van der Waals surface area (Å²) < 4.78 is 61.2. The Morgan fingerprint density at radius 2 is 1.87 bits per heavy atom. The summed E-state index contributed by atoms with van der Waals surface area (Å²) in [5, 5.41) is 10.1. The average Bonchev–Trinajstić information content (AvgIpc) is 2.94. The van der Waals surface area contributed by atoms with E-state index in [1.807, 2.05) is 0 Å². The molecule has 2 aromatic carbocycles. The summed E-state index contributed by atoms with van der Waals surface area (Å²) in [6.07, 6.45) is 2.45. The van der Waals surface area contributed by atoms with Crippen LogP contribution in [0.5, 0.6) is 5.75 Å². The van der Waals surface area contributed by atoms with Crippen LogP contribution in [0.25, 0.3) is 10.9 Å². The van der Waals surface area contributed by atoms with Crippen molar-refractivity contribution >= 4 is 16.8 Å². The highest BCUT2D eigenvalue weighted by atomic mass is 19.2. The third kappa shape index (κ3) is 6.33. The second-order valence-corrected chi connectivity index (χ2v) is 10.3. The second kappa shape index (κ2) is 12.3. The lowest BCUT2D eigenvalue weighted by molar-refractivity contribution is -0.143. The molecule has 6 nitrogen and oxygen atoms in total. The van der Waals surface area contributed by atoms with Crippen LogP contribution in [0, 0.1) is 29.8 Å². The maximum absolute atomic E-state index is 15.8. The molecule has 0 bridgehead atoms. The molecule has 1 aliphatic heterocycles. The number of amides is 1. The SMILES string of the molecule is COc1ccc2ncc(C)c([C@H](F)CCC3(C(=O)NO)CCN(CCCc4cc(F)c(F)c(F)c4)CC3)c2c1. The Morgan fingerprint density at radius 1 is 1.18 bits per heavy atom. The number of halogens is 4. The summed E-state index contributed by atoms with van der Waals surface area (Å²) in [5.74, 6) is -3.81. The van der Waals surface area contributed by atoms with E-state index in [9.17, 15) is 23.2 Å². The fraction of sp³-hybridized carbons (Fsp3) is 0.448. The highest BCUT2D eigenvalue weighted by Gasteiger charge is 2.41. The van der Waals surface area contributed by atoms with Crippen LogP contribution < -0.4 is 10.2 Å². The molecular weight excluding hydrogens is 514 g/mol. The Kier molecular flexibility index (Phi) is 9.07. The van der Waals surface area contributed by atoms with Crippen molar-refractivity contribution in [2.75, 3.05) is 26.7 Å². The number of hydroxylamine groups is 1. The molecule has 10 heteroatoms. The molecule has 1 atom stereocenters. The molecule has 0 saturated carbocycles. The molecule has 1 saturated heterocycles. The molecule has 0 unspecified atom stereocenters. The number of aryl methyl sites for hydroxylation is 2. The molecule has 4 rings (SSSR count). The highest BCUT2D eigenvalue weighted by molar-refractivity contribution is 5.85. The topological polar surface area (TPSA) is 74.7 Å². The predicted molar refractivity (Wildman–Crippen MR) is 139 cm³/mol. The lowest BCUT2D eigenvalue weighted by Gasteiger charge is -2.40. The number of nitrogens with one attached hydrogen (secondary N) is 1. The number of carbonyl (C=O) groups excluding carboxylic acids is 1. The number of nitrogens with zero attached hydrogens (tertiary/aromatic N) is 2. The Balaban J connectivity index is 1.39. The molecule has 0 spiro atoms.